The molecule has 0 amide bonds. The van der Waals surface area contributed by atoms with E-state index in [4.69, 9.17) is 0 Å². The number of rotatable bonds is 4. The third-order valence-electron chi connectivity index (χ3n) is 3.22. The second-order valence-electron chi connectivity index (χ2n) is 5.88. The van der Waals surface area contributed by atoms with E-state index in [1.165, 1.54) is 23.5 Å². The fourth-order valence-electron chi connectivity index (χ4n) is 1.75. The van der Waals surface area contributed by atoms with Gasteiger partial charge in [-0.3, -0.25) is 0 Å². The molecular weight excluding hydrogens is 216 g/mol. The molecule has 2 rings (SSSR count). The molecule has 1 atom stereocenters. The van der Waals surface area contributed by atoms with Crippen LogP contribution in [-0.2, 0) is 12.0 Å². The molecule has 1 aliphatic rings. The standard InChI is InChI=1S/C13H22N2S/c1-9(10-5-6-10)14-7-12-15-11(8-16-12)13(2,3)4/h8-10,14H,5-7H2,1-4H3. The van der Waals surface area contributed by atoms with Crippen molar-refractivity contribution in [3.05, 3.63) is 16.1 Å². The van der Waals surface area contributed by atoms with E-state index >= 15 is 0 Å². The third-order valence-corrected chi connectivity index (χ3v) is 4.07. The minimum atomic E-state index is 0.177. The summed E-state index contributed by atoms with van der Waals surface area (Å²) >= 11 is 1.78. The molecule has 0 spiro atoms. The quantitative estimate of drug-likeness (QED) is 0.870. The second-order valence-corrected chi connectivity index (χ2v) is 6.83. The molecule has 0 aliphatic heterocycles. The first-order valence-corrected chi connectivity index (χ1v) is 7.03. The highest BCUT2D eigenvalue weighted by Gasteiger charge is 2.27. The number of nitrogens with one attached hydrogen (secondary N) is 1. The highest BCUT2D eigenvalue weighted by atomic mass is 32.1. The van der Waals surface area contributed by atoms with E-state index in [9.17, 15) is 0 Å². The molecule has 2 nitrogen and oxygen atoms in total. The first-order valence-electron chi connectivity index (χ1n) is 6.15. The number of nitrogens with zero attached hydrogens (tertiary/aromatic N) is 1. The maximum atomic E-state index is 4.69. The summed E-state index contributed by atoms with van der Waals surface area (Å²) in [5.74, 6) is 0.919. The van der Waals surface area contributed by atoms with Crippen LogP contribution in [0.5, 0.6) is 0 Å². The average molecular weight is 238 g/mol. The molecule has 1 fully saturated rings. The van der Waals surface area contributed by atoms with Crippen LogP contribution in [0.15, 0.2) is 5.38 Å². The Kier molecular flexibility index (Phi) is 3.36. The highest BCUT2D eigenvalue weighted by Crippen LogP contribution is 2.32. The summed E-state index contributed by atoms with van der Waals surface area (Å²) in [7, 11) is 0. The van der Waals surface area contributed by atoms with Crippen LogP contribution in [0.4, 0.5) is 0 Å². The van der Waals surface area contributed by atoms with Gasteiger partial charge < -0.3 is 5.32 Å². The summed E-state index contributed by atoms with van der Waals surface area (Å²) in [5, 5.41) is 6.99. The van der Waals surface area contributed by atoms with E-state index in [0.29, 0.717) is 6.04 Å². The number of hydrogen-bond acceptors (Lipinski definition) is 3. The molecule has 0 aromatic carbocycles. The Labute approximate surface area is 102 Å². The maximum absolute atomic E-state index is 4.69. The van der Waals surface area contributed by atoms with E-state index in [1.54, 1.807) is 11.3 Å². The lowest BCUT2D eigenvalue weighted by Crippen LogP contribution is -2.27. The van der Waals surface area contributed by atoms with Gasteiger partial charge in [-0.25, -0.2) is 4.98 Å². The molecule has 3 heteroatoms. The minimum Gasteiger partial charge on any atom is -0.308 e. The number of thiazole rings is 1. The minimum absolute atomic E-state index is 0.177. The zero-order valence-electron chi connectivity index (χ0n) is 10.7. The zero-order valence-corrected chi connectivity index (χ0v) is 11.5. The van der Waals surface area contributed by atoms with Crippen molar-refractivity contribution >= 4 is 11.3 Å². The largest absolute Gasteiger partial charge is 0.308 e. The van der Waals surface area contributed by atoms with E-state index in [1.807, 2.05) is 0 Å². The van der Waals surface area contributed by atoms with E-state index < -0.39 is 0 Å². The van der Waals surface area contributed by atoms with Crippen LogP contribution < -0.4 is 5.32 Å². The summed E-state index contributed by atoms with van der Waals surface area (Å²) in [6, 6.07) is 0.655. The lowest BCUT2D eigenvalue weighted by Gasteiger charge is -2.14. The topological polar surface area (TPSA) is 24.9 Å². The fourth-order valence-corrected chi connectivity index (χ4v) is 2.72. The molecule has 1 N–H and O–H groups in total. The SMILES string of the molecule is CC(NCc1nc(C(C)(C)C)cs1)C1CC1. The lowest BCUT2D eigenvalue weighted by molar-refractivity contribution is 0.493. The maximum Gasteiger partial charge on any atom is 0.107 e. The van der Waals surface area contributed by atoms with Gasteiger partial charge in [-0.05, 0) is 25.7 Å². The Bertz CT molecular complexity index is 347. The van der Waals surface area contributed by atoms with Crippen molar-refractivity contribution in [3.63, 3.8) is 0 Å². The van der Waals surface area contributed by atoms with Gasteiger partial charge in [0.25, 0.3) is 0 Å². The van der Waals surface area contributed by atoms with Gasteiger partial charge in [-0.15, -0.1) is 11.3 Å². The average Bonchev–Trinajstić information content (AvgIpc) is 2.92. The van der Waals surface area contributed by atoms with Gasteiger partial charge in [-0.1, -0.05) is 20.8 Å². The predicted octanol–water partition coefficient (Wildman–Crippen LogP) is 3.33. The molecule has 0 bridgehead atoms. The van der Waals surface area contributed by atoms with Crippen molar-refractivity contribution in [2.75, 3.05) is 0 Å². The van der Waals surface area contributed by atoms with Crippen LogP contribution in [0.2, 0.25) is 0 Å². The Morgan fingerprint density at radius 1 is 1.50 bits per heavy atom. The number of aromatic nitrogens is 1. The van der Waals surface area contributed by atoms with Crippen LogP contribution in [0.3, 0.4) is 0 Å². The molecular formula is C13H22N2S. The second kappa shape index (κ2) is 4.46. The lowest BCUT2D eigenvalue weighted by atomic mass is 9.93. The Balaban J connectivity index is 1.87. The van der Waals surface area contributed by atoms with Crippen LogP contribution in [0.25, 0.3) is 0 Å². The van der Waals surface area contributed by atoms with Crippen LogP contribution >= 0.6 is 11.3 Å². The highest BCUT2D eigenvalue weighted by molar-refractivity contribution is 7.09. The van der Waals surface area contributed by atoms with Crippen molar-refractivity contribution in [2.45, 2.75) is 58.5 Å². The van der Waals surface area contributed by atoms with E-state index in [0.717, 1.165) is 12.5 Å². The van der Waals surface area contributed by atoms with Crippen molar-refractivity contribution in [1.29, 1.82) is 0 Å². The fraction of sp³-hybridized carbons (Fsp3) is 0.769. The van der Waals surface area contributed by atoms with Gasteiger partial charge >= 0.3 is 0 Å². The van der Waals surface area contributed by atoms with Crippen molar-refractivity contribution in [3.8, 4) is 0 Å². The van der Waals surface area contributed by atoms with Crippen LogP contribution in [0, 0.1) is 5.92 Å². The molecule has 1 heterocycles. The Hall–Kier alpha value is -0.410. The van der Waals surface area contributed by atoms with Gasteiger partial charge in [-0.2, -0.15) is 0 Å². The first kappa shape index (κ1) is 12.1. The Morgan fingerprint density at radius 3 is 2.69 bits per heavy atom. The molecule has 0 radical (unpaired) electrons. The molecule has 1 saturated carbocycles. The third kappa shape index (κ3) is 3.05. The van der Waals surface area contributed by atoms with Gasteiger partial charge in [0.2, 0.25) is 0 Å². The monoisotopic (exact) mass is 238 g/mol. The summed E-state index contributed by atoms with van der Waals surface area (Å²) < 4.78 is 0. The predicted molar refractivity (Wildman–Crippen MR) is 69.8 cm³/mol. The van der Waals surface area contributed by atoms with E-state index in [2.05, 4.69) is 43.4 Å². The van der Waals surface area contributed by atoms with Gasteiger partial charge in [0.05, 0.1) is 5.69 Å². The van der Waals surface area contributed by atoms with E-state index in [-0.39, 0.29) is 5.41 Å². The molecule has 16 heavy (non-hydrogen) atoms. The summed E-state index contributed by atoms with van der Waals surface area (Å²) in [6.45, 7) is 9.86. The van der Waals surface area contributed by atoms with Gasteiger partial charge in [0.1, 0.15) is 5.01 Å². The van der Waals surface area contributed by atoms with Crippen molar-refractivity contribution in [1.82, 2.24) is 10.3 Å². The zero-order chi connectivity index (χ0) is 11.8. The van der Waals surface area contributed by atoms with Gasteiger partial charge in [0.15, 0.2) is 0 Å². The summed E-state index contributed by atoms with van der Waals surface area (Å²) in [5.41, 5.74) is 1.39. The summed E-state index contributed by atoms with van der Waals surface area (Å²) in [6.07, 6.45) is 2.80. The van der Waals surface area contributed by atoms with Gasteiger partial charge in [0, 0.05) is 23.4 Å². The number of hydrogen-bond donors (Lipinski definition) is 1. The molecule has 0 saturated heterocycles. The summed E-state index contributed by atoms with van der Waals surface area (Å²) in [4.78, 5) is 4.69. The van der Waals surface area contributed by atoms with Crippen LogP contribution in [-0.4, -0.2) is 11.0 Å². The van der Waals surface area contributed by atoms with Crippen LogP contribution in [0.1, 0.15) is 51.2 Å². The molecule has 1 aromatic heterocycles. The normalized spacial score (nSPS) is 18.8. The smallest absolute Gasteiger partial charge is 0.107 e. The van der Waals surface area contributed by atoms with Crippen molar-refractivity contribution < 1.29 is 0 Å². The molecule has 1 aliphatic carbocycles. The van der Waals surface area contributed by atoms with Crippen molar-refractivity contribution in [2.24, 2.45) is 5.92 Å². The molecule has 1 aromatic rings. The Morgan fingerprint density at radius 2 is 2.19 bits per heavy atom. The first-order chi connectivity index (χ1) is 7.47. The molecule has 90 valence electrons. The molecule has 1 unspecified atom stereocenters.